The van der Waals surface area contributed by atoms with Crippen LogP contribution in [-0.4, -0.2) is 23.1 Å². The van der Waals surface area contributed by atoms with Crippen LogP contribution in [0.4, 0.5) is 4.39 Å². The van der Waals surface area contributed by atoms with Gasteiger partial charge in [0.15, 0.2) is 0 Å². The number of carboxylic acid groups (broad SMARTS) is 1. The number of allylic oxidation sites excluding steroid dienone is 1. The van der Waals surface area contributed by atoms with E-state index in [0.29, 0.717) is 37.3 Å². The third-order valence-corrected chi connectivity index (χ3v) is 6.54. The molecule has 30 heavy (non-hydrogen) atoms. The van der Waals surface area contributed by atoms with Gasteiger partial charge >= 0.3 is 5.97 Å². The van der Waals surface area contributed by atoms with Crippen molar-refractivity contribution in [1.82, 2.24) is 0 Å². The Balaban J connectivity index is 1.82. The molecule has 0 aromatic heterocycles. The Morgan fingerprint density at radius 1 is 1.20 bits per heavy atom. The van der Waals surface area contributed by atoms with E-state index in [9.17, 15) is 9.18 Å². The summed E-state index contributed by atoms with van der Waals surface area (Å²) >= 11 is 6.02. The van der Waals surface area contributed by atoms with E-state index in [1.165, 1.54) is 0 Å². The molecule has 0 aliphatic heterocycles. The van der Waals surface area contributed by atoms with Crippen LogP contribution in [0.3, 0.4) is 0 Å². The smallest absolute Gasteiger partial charge is 0.303 e. The van der Waals surface area contributed by atoms with Gasteiger partial charge in [0.05, 0.1) is 0 Å². The number of carboxylic acids is 1. The Hall–Kier alpha value is -1.90. The number of aryl methyl sites for hydroxylation is 1. The molecule has 1 N–H and O–H groups in total. The lowest BCUT2D eigenvalue weighted by molar-refractivity contribution is -0.136. The van der Waals surface area contributed by atoms with Crippen molar-refractivity contribution in [3.05, 3.63) is 69.2 Å². The van der Waals surface area contributed by atoms with Crippen LogP contribution in [0.25, 0.3) is 5.57 Å². The molecule has 0 bridgehead atoms. The molecule has 2 aromatic carbocycles. The molecule has 1 aliphatic carbocycles. The van der Waals surface area contributed by atoms with E-state index in [2.05, 4.69) is 9.24 Å². The van der Waals surface area contributed by atoms with Crippen LogP contribution in [-0.2, 0) is 11.2 Å². The molecule has 3 rings (SSSR count). The lowest BCUT2D eigenvalue weighted by Crippen LogP contribution is -2.22. The average Bonchev–Trinajstić information content (AvgIpc) is 2.69. The second-order valence-electron chi connectivity index (χ2n) is 7.96. The molecule has 2 atom stereocenters. The van der Waals surface area contributed by atoms with Crippen LogP contribution < -0.4 is 4.74 Å². The van der Waals surface area contributed by atoms with Gasteiger partial charge in [0.25, 0.3) is 0 Å². The van der Waals surface area contributed by atoms with Gasteiger partial charge in [0.1, 0.15) is 17.8 Å². The van der Waals surface area contributed by atoms with Crippen molar-refractivity contribution in [2.75, 3.05) is 6.61 Å². The second kappa shape index (κ2) is 9.49. The van der Waals surface area contributed by atoms with Crippen molar-refractivity contribution in [3.63, 3.8) is 0 Å². The number of hydrogen-bond acceptors (Lipinski definition) is 2. The first-order valence-electron chi connectivity index (χ1n) is 10.0. The molecule has 2 aromatic rings. The maximum atomic E-state index is 14.7. The highest BCUT2D eigenvalue weighted by atomic mass is 35.5. The average molecular weight is 449 g/mol. The van der Waals surface area contributed by atoms with Crippen molar-refractivity contribution < 1.29 is 19.0 Å². The number of aliphatic carboxylic acids is 1. The van der Waals surface area contributed by atoms with E-state index in [-0.39, 0.29) is 6.42 Å². The predicted octanol–water partition coefficient (Wildman–Crippen LogP) is 6.53. The van der Waals surface area contributed by atoms with E-state index in [4.69, 9.17) is 21.4 Å². The Bertz CT molecular complexity index is 967. The first-order valence-corrected chi connectivity index (χ1v) is 11.0. The van der Waals surface area contributed by atoms with Gasteiger partial charge < -0.3 is 9.84 Å². The molecule has 0 fully saturated rings. The largest absolute Gasteiger partial charge is 0.489 e. The normalized spacial score (nSPS) is 19.1. The van der Waals surface area contributed by atoms with Crippen LogP contribution >= 0.6 is 20.8 Å². The summed E-state index contributed by atoms with van der Waals surface area (Å²) in [7, 11) is 2.35. The molecule has 160 valence electrons. The zero-order chi connectivity index (χ0) is 21.9. The number of ether oxygens (including phenoxy) is 1. The molecule has 0 heterocycles. The SMILES string of the molecule is Cc1c(CCC(=O)O)ccc(OCC2=C(c3ccc(Cl)cc3)CC(F)(P)CC2)c1C. The van der Waals surface area contributed by atoms with Gasteiger partial charge in [-0.3, -0.25) is 4.79 Å². The van der Waals surface area contributed by atoms with E-state index in [1.807, 2.05) is 50.2 Å². The predicted molar refractivity (Wildman–Crippen MR) is 123 cm³/mol. The van der Waals surface area contributed by atoms with Gasteiger partial charge in [-0.2, -0.15) is 0 Å². The van der Waals surface area contributed by atoms with Gasteiger partial charge in [-0.1, -0.05) is 39.0 Å². The number of alkyl halides is 1. The first kappa shape index (κ1) is 22.8. The summed E-state index contributed by atoms with van der Waals surface area (Å²) in [6, 6.07) is 11.3. The Morgan fingerprint density at radius 2 is 1.90 bits per heavy atom. The molecular weight excluding hydrogens is 422 g/mol. The van der Waals surface area contributed by atoms with E-state index in [0.717, 1.165) is 39.1 Å². The third kappa shape index (κ3) is 5.62. The van der Waals surface area contributed by atoms with Gasteiger partial charge in [-0.15, -0.1) is 0 Å². The van der Waals surface area contributed by atoms with Crippen molar-refractivity contribution in [2.45, 2.75) is 51.4 Å². The van der Waals surface area contributed by atoms with Crippen molar-refractivity contribution in [1.29, 1.82) is 0 Å². The van der Waals surface area contributed by atoms with Crippen molar-refractivity contribution >= 4 is 32.4 Å². The van der Waals surface area contributed by atoms with E-state index < -0.39 is 11.4 Å². The highest BCUT2D eigenvalue weighted by molar-refractivity contribution is 7.18. The van der Waals surface area contributed by atoms with E-state index >= 15 is 0 Å². The second-order valence-corrected chi connectivity index (χ2v) is 9.43. The van der Waals surface area contributed by atoms with Gasteiger partial charge in [0, 0.05) is 17.9 Å². The third-order valence-electron chi connectivity index (χ3n) is 5.79. The monoisotopic (exact) mass is 448 g/mol. The molecule has 0 saturated heterocycles. The van der Waals surface area contributed by atoms with Crippen LogP contribution in [0.2, 0.25) is 5.02 Å². The number of carbonyl (C=O) groups is 1. The topological polar surface area (TPSA) is 46.5 Å². The number of benzene rings is 2. The highest BCUT2D eigenvalue weighted by Gasteiger charge is 2.32. The summed E-state index contributed by atoms with van der Waals surface area (Å²) in [4.78, 5) is 10.9. The molecule has 0 spiro atoms. The van der Waals surface area contributed by atoms with Crippen molar-refractivity contribution in [2.24, 2.45) is 0 Å². The van der Waals surface area contributed by atoms with E-state index in [1.54, 1.807) is 0 Å². The van der Waals surface area contributed by atoms with Crippen LogP contribution in [0.15, 0.2) is 42.0 Å². The maximum Gasteiger partial charge on any atom is 0.303 e. The van der Waals surface area contributed by atoms with Crippen LogP contribution in [0.5, 0.6) is 5.75 Å². The fourth-order valence-corrected chi connectivity index (χ4v) is 4.29. The molecule has 0 amide bonds. The molecular formula is C24H27ClFO3P. The summed E-state index contributed by atoms with van der Waals surface area (Å²) in [6.45, 7) is 4.37. The molecule has 6 heteroatoms. The quantitative estimate of drug-likeness (QED) is 0.490. The van der Waals surface area contributed by atoms with Crippen LogP contribution in [0, 0.1) is 13.8 Å². The molecule has 0 radical (unpaired) electrons. The number of hydrogen-bond donors (Lipinski definition) is 1. The molecule has 3 nitrogen and oxygen atoms in total. The zero-order valence-electron chi connectivity index (χ0n) is 17.3. The summed E-state index contributed by atoms with van der Waals surface area (Å²) in [5, 5.41) is 8.27. The lowest BCUT2D eigenvalue weighted by atomic mass is 9.86. The molecule has 0 saturated carbocycles. The first-order chi connectivity index (χ1) is 14.2. The van der Waals surface area contributed by atoms with Crippen LogP contribution in [0.1, 0.15) is 47.9 Å². The Labute approximate surface area is 184 Å². The number of halogens is 2. The fraction of sp³-hybridized carbons (Fsp3) is 0.375. The summed E-state index contributed by atoms with van der Waals surface area (Å²) < 4.78 is 20.9. The summed E-state index contributed by atoms with van der Waals surface area (Å²) in [6.07, 6.45) is 2.01. The summed E-state index contributed by atoms with van der Waals surface area (Å²) in [5.74, 6) is -0.0261. The zero-order valence-corrected chi connectivity index (χ0v) is 19.2. The lowest BCUT2D eigenvalue weighted by Gasteiger charge is -2.30. The Morgan fingerprint density at radius 3 is 2.57 bits per heavy atom. The Kier molecular flexibility index (Phi) is 7.21. The minimum absolute atomic E-state index is 0.109. The standard InChI is InChI=1S/C24H27ClFO3P/c1-15-16(2)22(9-5-17(15)6-10-23(27)28)29-14-19-11-12-24(26,30)13-21(19)18-3-7-20(25)8-4-18/h3-5,7-9H,6,10-14,30H2,1-2H3,(H,27,28). The van der Waals surface area contributed by atoms with Gasteiger partial charge in [0.2, 0.25) is 0 Å². The van der Waals surface area contributed by atoms with Gasteiger partial charge in [-0.25, -0.2) is 4.39 Å². The minimum atomic E-state index is -1.31. The molecule has 2 unspecified atom stereocenters. The minimum Gasteiger partial charge on any atom is -0.489 e. The highest BCUT2D eigenvalue weighted by Crippen LogP contribution is 2.44. The fourth-order valence-electron chi connectivity index (χ4n) is 3.82. The number of rotatable bonds is 7. The maximum absolute atomic E-state index is 14.7. The van der Waals surface area contributed by atoms with Gasteiger partial charge in [-0.05, 0) is 84.7 Å². The summed E-state index contributed by atoms with van der Waals surface area (Å²) in [5.41, 5.74) is 6.12. The molecule has 1 aliphatic rings. The van der Waals surface area contributed by atoms with Crippen molar-refractivity contribution in [3.8, 4) is 5.75 Å².